The molecule has 0 spiro atoms. The summed E-state index contributed by atoms with van der Waals surface area (Å²) in [7, 11) is 2.10. The first-order chi connectivity index (χ1) is 15.3. The summed E-state index contributed by atoms with van der Waals surface area (Å²) in [5.41, 5.74) is 3.06. The minimum absolute atomic E-state index is 0.680. The van der Waals surface area contributed by atoms with Crippen LogP contribution in [-0.2, 0) is 13.6 Å². The first-order valence-corrected chi connectivity index (χ1v) is 10.5. The van der Waals surface area contributed by atoms with Crippen LogP contribution in [0.4, 0.5) is 5.95 Å². The molecule has 0 amide bonds. The molecule has 0 radical (unpaired) electrons. The van der Waals surface area contributed by atoms with E-state index in [4.69, 9.17) is 9.40 Å². The fourth-order valence-corrected chi connectivity index (χ4v) is 4.34. The largest absolute Gasteiger partial charge is 0.461 e. The lowest BCUT2D eigenvalue weighted by Gasteiger charge is -2.35. The molecule has 8 heteroatoms. The SMILES string of the molecule is Cn1cccc1CN1CCN(c2nc3ccccc3c3nnc(-c4ccco4)n23)CC1. The van der Waals surface area contributed by atoms with Crippen molar-refractivity contribution in [2.75, 3.05) is 31.1 Å². The molecule has 4 aromatic heterocycles. The highest BCUT2D eigenvalue weighted by Gasteiger charge is 2.25. The van der Waals surface area contributed by atoms with Crippen molar-refractivity contribution in [3.8, 4) is 11.6 Å². The van der Waals surface area contributed by atoms with E-state index < -0.39 is 0 Å². The number of furan rings is 1. The summed E-state index contributed by atoms with van der Waals surface area (Å²) in [5.74, 6) is 2.23. The fraction of sp³-hybridized carbons (Fsp3) is 0.261. The zero-order chi connectivity index (χ0) is 20.8. The standard InChI is InChI=1S/C23H23N7O/c1-27-10-4-6-17(27)16-28-11-13-29(14-12-28)23-24-19-8-3-2-7-18(19)21-25-26-22(30(21)23)20-9-5-15-31-20/h2-10,15H,11-14,16H2,1H3. The van der Waals surface area contributed by atoms with Gasteiger partial charge in [0.1, 0.15) is 0 Å². The number of hydrogen-bond donors (Lipinski definition) is 0. The van der Waals surface area contributed by atoms with Crippen molar-refractivity contribution in [3.05, 3.63) is 66.7 Å². The first kappa shape index (κ1) is 18.1. The van der Waals surface area contributed by atoms with E-state index in [0.717, 1.165) is 55.2 Å². The van der Waals surface area contributed by atoms with Gasteiger partial charge in [-0.05, 0) is 36.4 Å². The summed E-state index contributed by atoms with van der Waals surface area (Å²) in [6.07, 6.45) is 3.76. The van der Waals surface area contributed by atoms with Crippen molar-refractivity contribution in [3.63, 3.8) is 0 Å². The van der Waals surface area contributed by atoms with Crippen LogP contribution in [0.3, 0.4) is 0 Å². The van der Waals surface area contributed by atoms with E-state index >= 15 is 0 Å². The van der Waals surface area contributed by atoms with Gasteiger partial charge in [-0.15, -0.1) is 10.2 Å². The fourth-order valence-electron chi connectivity index (χ4n) is 4.34. The molecular formula is C23H23N7O. The normalized spacial score (nSPS) is 15.3. The van der Waals surface area contributed by atoms with Crippen LogP contribution < -0.4 is 4.90 Å². The Balaban J connectivity index is 1.38. The lowest BCUT2D eigenvalue weighted by molar-refractivity contribution is 0.243. The number of piperazine rings is 1. The first-order valence-electron chi connectivity index (χ1n) is 10.5. The molecule has 1 aromatic carbocycles. The molecule has 0 unspecified atom stereocenters. The molecule has 8 nitrogen and oxygen atoms in total. The Labute approximate surface area is 179 Å². The zero-order valence-corrected chi connectivity index (χ0v) is 17.3. The van der Waals surface area contributed by atoms with E-state index in [1.54, 1.807) is 6.26 Å². The highest BCUT2D eigenvalue weighted by Crippen LogP contribution is 2.29. The van der Waals surface area contributed by atoms with Gasteiger partial charge in [0.05, 0.1) is 11.8 Å². The molecule has 0 atom stereocenters. The van der Waals surface area contributed by atoms with Gasteiger partial charge in [0.2, 0.25) is 11.8 Å². The van der Waals surface area contributed by atoms with Gasteiger partial charge in [-0.3, -0.25) is 4.90 Å². The maximum Gasteiger partial charge on any atom is 0.213 e. The highest BCUT2D eigenvalue weighted by atomic mass is 16.3. The van der Waals surface area contributed by atoms with Gasteiger partial charge in [0.25, 0.3) is 0 Å². The van der Waals surface area contributed by atoms with Gasteiger partial charge < -0.3 is 13.9 Å². The summed E-state index contributed by atoms with van der Waals surface area (Å²) >= 11 is 0. The lowest BCUT2D eigenvalue weighted by atomic mass is 10.2. The molecule has 6 rings (SSSR count). The highest BCUT2D eigenvalue weighted by molar-refractivity contribution is 5.93. The van der Waals surface area contributed by atoms with Crippen molar-refractivity contribution in [1.29, 1.82) is 0 Å². The van der Waals surface area contributed by atoms with Gasteiger partial charge in [0.15, 0.2) is 11.4 Å². The molecule has 0 aliphatic carbocycles. The summed E-state index contributed by atoms with van der Waals surface area (Å²) < 4.78 is 9.87. The minimum Gasteiger partial charge on any atom is -0.461 e. The third-order valence-corrected chi connectivity index (χ3v) is 6.06. The van der Waals surface area contributed by atoms with E-state index in [1.165, 1.54) is 5.69 Å². The lowest BCUT2D eigenvalue weighted by Crippen LogP contribution is -2.47. The number of para-hydroxylation sites is 1. The van der Waals surface area contributed by atoms with Crippen LogP contribution in [0.2, 0.25) is 0 Å². The number of hydrogen-bond acceptors (Lipinski definition) is 6. The second kappa shape index (κ2) is 7.24. The average molecular weight is 413 g/mol. The maximum atomic E-state index is 5.65. The second-order valence-corrected chi connectivity index (χ2v) is 7.96. The zero-order valence-electron chi connectivity index (χ0n) is 17.3. The Morgan fingerprint density at radius 2 is 1.81 bits per heavy atom. The van der Waals surface area contributed by atoms with Gasteiger partial charge in [-0.2, -0.15) is 0 Å². The molecule has 0 N–H and O–H groups in total. The molecule has 5 aromatic rings. The molecule has 1 aliphatic rings. The van der Waals surface area contributed by atoms with E-state index in [1.807, 2.05) is 40.8 Å². The topological polar surface area (TPSA) is 67.6 Å². The molecule has 31 heavy (non-hydrogen) atoms. The molecule has 1 fully saturated rings. The summed E-state index contributed by atoms with van der Waals surface area (Å²) in [6, 6.07) is 16.2. The Kier molecular flexibility index (Phi) is 4.24. The Morgan fingerprint density at radius 1 is 0.935 bits per heavy atom. The van der Waals surface area contributed by atoms with Crippen LogP contribution >= 0.6 is 0 Å². The third-order valence-electron chi connectivity index (χ3n) is 6.06. The van der Waals surface area contributed by atoms with E-state index in [0.29, 0.717) is 11.6 Å². The second-order valence-electron chi connectivity index (χ2n) is 7.96. The molecule has 5 heterocycles. The molecule has 1 aliphatic heterocycles. The maximum absolute atomic E-state index is 5.65. The summed E-state index contributed by atoms with van der Waals surface area (Å²) in [5, 5.41) is 9.95. The molecule has 0 saturated carbocycles. The number of benzene rings is 1. The number of fused-ring (bicyclic) bond motifs is 3. The predicted octanol–water partition coefficient (Wildman–Crippen LogP) is 3.20. The quantitative estimate of drug-likeness (QED) is 0.451. The Morgan fingerprint density at radius 3 is 2.58 bits per heavy atom. The summed E-state index contributed by atoms with van der Waals surface area (Å²) in [6.45, 7) is 4.68. The van der Waals surface area contributed by atoms with Gasteiger partial charge >= 0.3 is 0 Å². The van der Waals surface area contributed by atoms with Crippen molar-refractivity contribution in [1.82, 2.24) is 29.0 Å². The number of nitrogens with zero attached hydrogens (tertiary/aromatic N) is 7. The monoisotopic (exact) mass is 413 g/mol. The van der Waals surface area contributed by atoms with Crippen molar-refractivity contribution >= 4 is 22.5 Å². The number of rotatable bonds is 4. The number of anilines is 1. The minimum atomic E-state index is 0.680. The molecule has 0 bridgehead atoms. The van der Waals surface area contributed by atoms with Crippen LogP contribution in [-0.4, -0.2) is 55.2 Å². The van der Waals surface area contributed by atoms with Crippen molar-refractivity contribution in [2.45, 2.75) is 6.54 Å². The van der Waals surface area contributed by atoms with Crippen LogP contribution in [0.25, 0.3) is 28.1 Å². The molecular weight excluding hydrogens is 390 g/mol. The van der Waals surface area contributed by atoms with E-state index in [2.05, 4.69) is 49.9 Å². The predicted molar refractivity (Wildman–Crippen MR) is 119 cm³/mol. The summed E-state index contributed by atoms with van der Waals surface area (Å²) in [4.78, 5) is 9.85. The Bertz CT molecular complexity index is 1340. The number of aromatic nitrogens is 5. The van der Waals surface area contributed by atoms with E-state index in [9.17, 15) is 0 Å². The van der Waals surface area contributed by atoms with Crippen LogP contribution in [0.15, 0.2) is 65.4 Å². The van der Waals surface area contributed by atoms with Gasteiger partial charge in [-0.1, -0.05) is 12.1 Å². The molecule has 1 saturated heterocycles. The van der Waals surface area contributed by atoms with Gasteiger partial charge in [0, 0.05) is 57.0 Å². The Hall–Kier alpha value is -3.65. The smallest absolute Gasteiger partial charge is 0.213 e. The van der Waals surface area contributed by atoms with Crippen molar-refractivity contribution < 1.29 is 4.42 Å². The average Bonchev–Trinajstić information content (AvgIpc) is 3.55. The van der Waals surface area contributed by atoms with Crippen molar-refractivity contribution in [2.24, 2.45) is 7.05 Å². The molecule has 156 valence electrons. The van der Waals surface area contributed by atoms with Crippen LogP contribution in [0, 0.1) is 0 Å². The number of aryl methyl sites for hydroxylation is 1. The van der Waals surface area contributed by atoms with E-state index in [-0.39, 0.29) is 0 Å². The van der Waals surface area contributed by atoms with Crippen LogP contribution in [0.5, 0.6) is 0 Å². The van der Waals surface area contributed by atoms with Crippen LogP contribution in [0.1, 0.15) is 5.69 Å². The third kappa shape index (κ3) is 3.07. The van der Waals surface area contributed by atoms with Gasteiger partial charge in [-0.25, -0.2) is 9.38 Å².